The summed E-state index contributed by atoms with van der Waals surface area (Å²) in [6.07, 6.45) is 2.44. The number of esters is 1. The number of carbonyl (C=O) groups excluding carboxylic acids is 1. The second kappa shape index (κ2) is 7.61. The molecular formula is C12H24O5Si2. The lowest BCUT2D eigenvalue weighted by atomic mass is 10.5. The van der Waals surface area contributed by atoms with E-state index in [1.54, 1.807) is 0 Å². The highest BCUT2D eigenvalue weighted by Gasteiger charge is 2.28. The van der Waals surface area contributed by atoms with Gasteiger partial charge in [0.05, 0.1) is 6.61 Å². The zero-order chi connectivity index (χ0) is 15.1. The molecule has 0 fully saturated rings. The van der Waals surface area contributed by atoms with E-state index >= 15 is 0 Å². The summed E-state index contributed by atoms with van der Waals surface area (Å²) in [6.45, 7) is 11.1. The second-order valence-corrected chi connectivity index (χ2v) is 15.0. The van der Waals surface area contributed by atoms with Crippen LogP contribution in [-0.4, -0.2) is 40.3 Å². The lowest BCUT2D eigenvalue weighted by Crippen LogP contribution is -2.42. The summed E-state index contributed by atoms with van der Waals surface area (Å²) in [5.74, 6) is -1.78. The standard InChI is InChI=1S/C12H24O5Si2/c1-18(2,3)17-19(4,5)10-6-9-16-12(15)8-7-11(13)14/h7-8H,6,9-10H2,1-5H3,(H,13,14)/b8-7+. The largest absolute Gasteiger partial charge is 0.478 e. The zero-order valence-corrected chi connectivity index (χ0v) is 14.4. The third-order valence-corrected chi connectivity index (χ3v) is 8.33. The highest BCUT2D eigenvalue weighted by molar-refractivity contribution is 6.84. The fourth-order valence-corrected chi connectivity index (χ4v) is 9.77. The molecule has 0 aliphatic rings. The van der Waals surface area contributed by atoms with E-state index in [2.05, 4.69) is 32.7 Å². The molecule has 0 rings (SSSR count). The highest BCUT2D eigenvalue weighted by Crippen LogP contribution is 2.19. The summed E-state index contributed by atoms with van der Waals surface area (Å²) >= 11 is 0. The van der Waals surface area contributed by atoms with Crippen LogP contribution in [0.25, 0.3) is 0 Å². The number of hydrogen-bond donors (Lipinski definition) is 1. The van der Waals surface area contributed by atoms with E-state index in [-0.39, 0.29) is 0 Å². The van der Waals surface area contributed by atoms with Crippen LogP contribution in [-0.2, 0) is 18.4 Å². The van der Waals surface area contributed by atoms with E-state index in [1.807, 2.05) is 0 Å². The van der Waals surface area contributed by atoms with Crippen molar-refractivity contribution in [2.75, 3.05) is 6.61 Å². The molecule has 1 N–H and O–H groups in total. The zero-order valence-electron chi connectivity index (χ0n) is 12.4. The molecule has 0 aromatic heterocycles. The van der Waals surface area contributed by atoms with Gasteiger partial charge in [-0.2, -0.15) is 0 Å². The maximum atomic E-state index is 11.1. The molecule has 110 valence electrons. The van der Waals surface area contributed by atoms with Crippen molar-refractivity contribution in [2.45, 2.75) is 45.2 Å². The normalized spacial score (nSPS) is 12.7. The van der Waals surface area contributed by atoms with Crippen molar-refractivity contribution >= 4 is 28.6 Å². The molecule has 7 heteroatoms. The van der Waals surface area contributed by atoms with Crippen LogP contribution < -0.4 is 0 Å². The molecule has 0 radical (unpaired) electrons. The number of carboxylic acids is 1. The summed E-state index contributed by atoms with van der Waals surface area (Å²) in [5.41, 5.74) is 0. The van der Waals surface area contributed by atoms with Crippen LogP contribution in [0.5, 0.6) is 0 Å². The van der Waals surface area contributed by atoms with Crippen LogP contribution in [0.2, 0.25) is 38.8 Å². The topological polar surface area (TPSA) is 72.8 Å². The van der Waals surface area contributed by atoms with E-state index in [4.69, 9.17) is 14.0 Å². The molecule has 0 atom stereocenters. The van der Waals surface area contributed by atoms with E-state index in [1.165, 1.54) is 0 Å². The molecule has 0 aliphatic carbocycles. The third-order valence-electron chi connectivity index (χ3n) is 2.11. The van der Waals surface area contributed by atoms with Crippen molar-refractivity contribution in [1.29, 1.82) is 0 Å². The molecule has 0 aromatic rings. The maximum Gasteiger partial charge on any atom is 0.331 e. The Bertz CT molecular complexity index is 345. The monoisotopic (exact) mass is 304 g/mol. The Morgan fingerprint density at radius 1 is 1.11 bits per heavy atom. The molecule has 0 heterocycles. The highest BCUT2D eigenvalue weighted by atomic mass is 28.4. The van der Waals surface area contributed by atoms with Gasteiger partial charge in [0, 0.05) is 12.2 Å². The van der Waals surface area contributed by atoms with Crippen molar-refractivity contribution in [3.8, 4) is 0 Å². The number of ether oxygens (including phenoxy) is 1. The minimum Gasteiger partial charge on any atom is -0.478 e. The number of carbonyl (C=O) groups is 2. The molecule has 19 heavy (non-hydrogen) atoms. The predicted molar refractivity (Wildman–Crippen MR) is 79.1 cm³/mol. The number of hydrogen-bond acceptors (Lipinski definition) is 4. The fourth-order valence-electron chi connectivity index (χ4n) is 1.74. The smallest absolute Gasteiger partial charge is 0.331 e. The average molecular weight is 304 g/mol. The Morgan fingerprint density at radius 3 is 2.16 bits per heavy atom. The van der Waals surface area contributed by atoms with Crippen molar-refractivity contribution in [2.24, 2.45) is 0 Å². The first-order valence-electron chi connectivity index (χ1n) is 6.30. The number of rotatable bonds is 8. The Balaban J connectivity index is 3.91. The predicted octanol–water partition coefficient (Wildman–Crippen LogP) is 2.62. The van der Waals surface area contributed by atoms with E-state index in [0.29, 0.717) is 6.61 Å². The van der Waals surface area contributed by atoms with Gasteiger partial charge in [0.2, 0.25) is 0 Å². The molecule has 0 amide bonds. The molecule has 0 spiro atoms. The third kappa shape index (κ3) is 11.9. The summed E-state index contributed by atoms with van der Waals surface area (Å²) in [5, 5.41) is 8.35. The maximum absolute atomic E-state index is 11.1. The SMILES string of the molecule is C[Si](C)(C)O[Si](C)(C)CCCOC(=O)/C=C/C(=O)O. The minimum absolute atomic E-state index is 0.300. The van der Waals surface area contributed by atoms with Gasteiger partial charge in [0.25, 0.3) is 0 Å². The Labute approximate surface area is 116 Å². The van der Waals surface area contributed by atoms with Gasteiger partial charge >= 0.3 is 11.9 Å². The van der Waals surface area contributed by atoms with Crippen molar-refractivity contribution < 1.29 is 23.5 Å². The Hall–Kier alpha value is -0.926. The van der Waals surface area contributed by atoms with Crippen molar-refractivity contribution in [1.82, 2.24) is 0 Å². The van der Waals surface area contributed by atoms with Crippen LogP contribution in [0.1, 0.15) is 6.42 Å². The van der Waals surface area contributed by atoms with E-state index in [9.17, 15) is 9.59 Å². The second-order valence-electron chi connectivity index (χ2n) is 5.92. The molecule has 0 unspecified atom stereocenters. The lowest BCUT2D eigenvalue weighted by molar-refractivity contribution is -0.138. The van der Waals surface area contributed by atoms with E-state index < -0.39 is 28.6 Å². The van der Waals surface area contributed by atoms with Crippen LogP contribution in [0.4, 0.5) is 0 Å². The van der Waals surface area contributed by atoms with Crippen LogP contribution in [0, 0.1) is 0 Å². The van der Waals surface area contributed by atoms with Gasteiger partial charge in [-0.15, -0.1) is 0 Å². The van der Waals surface area contributed by atoms with Gasteiger partial charge < -0.3 is 14.0 Å². The molecule has 0 aromatic carbocycles. The Kier molecular flexibility index (Phi) is 7.24. The van der Waals surface area contributed by atoms with Gasteiger partial charge in [0.1, 0.15) is 0 Å². The molecule has 5 nitrogen and oxygen atoms in total. The van der Waals surface area contributed by atoms with Crippen LogP contribution in [0.15, 0.2) is 12.2 Å². The first kappa shape index (κ1) is 18.1. The lowest BCUT2D eigenvalue weighted by Gasteiger charge is -2.31. The minimum atomic E-state index is -1.69. The summed E-state index contributed by atoms with van der Waals surface area (Å²) in [7, 11) is -3.21. The van der Waals surface area contributed by atoms with Crippen LogP contribution >= 0.6 is 0 Å². The molecular weight excluding hydrogens is 280 g/mol. The van der Waals surface area contributed by atoms with Crippen LogP contribution in [0.3, 0.4) is 0 Å². The van der Waals surface area contributed by atoms with Gasteiger partial charge in [-0.3, -0.25) is 0 Å². The van der Waals surface area contributed by atoms with Gasteiger partial charge in [-0.25, -0.2) is 9.59 Å². The molecule has 0 bridgehead atoms. The molecule has 0 saturated heterocycles. The van der Waals surface area contributed by atoms with E-state index in [0.717, 1.165) is 24.6 Å². The van der Waals surface area contributed by atoms with Gasteiger partial charge in [-0.1, -0.05) is 0 Å². The molecule has 0 saturated carbocycles. The fraction of sp³-hybridized carbons (Fsp3) is 0.667. The average Bonchev–Trinajstić information content (AvgIpc) is 2.18. The Morgan fingerprint density at radius 2 is 1.68 bits per heavy atom. The van der Waals surface area contributed by atoms with Gasteiger partial charge in [0.15, 0.2) is 16.6 Å². The quantitative estimate of drug-likeness (QED) is 0.323. The number of aliphatic carboxylic acids is 1. The van der Waals surface area contributed by atoms with Crippen molar-refractivity contribution in [3.63, 3.8) is 0 Å². The molecule has 0 aliphatic heterocycles. The summed E-state index contributed by atoms with van der Waals surface area (Å²) in [4.78, 5) is 21.3. The van der Waals surface area contributed by atoms with Gasteiger partial charge in [-0.05, 0) is 45.2 Å². The first-order valence-corrected chi connectivity index (χ1v) is 12.8. The first-order chi connectivity index (χ1) is 8.52. The summed E-state index contributed by atoms with van der Waals surface area (Å²) < 4.78 is 11.1. The summed E-state index contributed by atoms with van der Waals surface area (Å²) in [6, 6.07) is 0.924. The van der Waals surface area contributed by atoms with Crippen molar-refractivity contribution in [3.05, 3.63) is 12.2 Å². The number of carboxylic acid groups (broad SMARTS) is 1.